The van der Waals surface area contributed by atoms with Crippen LogP contribution in [0.1, 0.15) is 58.3 Å². The minimum Gasteiger partial charge on any atom is -0.316 e. The zero-order chi connectivity index (χ0) is 10.5. The number of unbranched alkanes of at least 4 members (excludes halogenated alkanes) is 6. The zero-order valence-electron chi connectivity index (χ0n) is 9.86. The van der Waals surface area contributed by atoms with Gasteiger partial charge in [-0.2, -0.15) is 0 Å². The van der Waals surface area contributed by atoms with Crippen LogP contribution in [-0.2, 0) is 0 Å². The van der Waals surface area contributed by atoms with E-state index >= 15 is 0 Å². The molecule has 0 unspecified atom stereocenters. The Bertz CT molecular complexity index is 110. The Morgan fingerprint density at radius 1 is 0.929 bits per heavy atom. The smallest absolute Gasteiger partial charge is 0.00144 e. The van der Waals surface area contributed by atoms with E-state index in [2.05, 4.69) is 18.8 Å². The van der Waals surface area contributed by atoms with Crippen molar-refractivity contribution < 1.29 is 0 Å². The van der Waals surface area contributed by atoms with Crippen molar-refractivity contribution in [3.05, 3.63) is 12.7 Å². The summed E-state index contributed by atoms with van der Waals surface area (Å²) >= 11 is 0. The van der Waals surface area contributed by atoms with Gasteiger partial charge in [0.25, 0.3) is 0 Å². The van der Waals surface area contributed by atoms with E-state index < -0.39 is 0 Å². The molecule has 0 fully saturated rings. The van der Waals surface area contributed by atoms with Crippen LogP contribution in [-0.4, -0.2) is 13.1 Å². The van der Waals surface area contributed by atoms with Gasteiger partial charge in [0, 0.05) is 0 Å². The largest absolute Gasteiger partial charge is 0.316 e. The van der Waals surface area contributed by atoms with Gasteiger partial charge in [-0.15, -0.1) is 6.58 Å². The lowest BCUT2D eigenvalue weighted by Gasteiger charge is -2.02. The molecule has 1 heteroatoms. The van der Waals surface area contributed by atoms with Gasteiger partial charge in [-0.1, -0.05) is 51.5 Å². The second-order valence-corrected chi connectivity index (χ2v) is 3.95. The van der Waals surface area contributed by atoms with Gasteiger partial charge < -0.3 is 5.32 Å². The molecule has 0 aromatic rings. The average Bonchev–Trinajstić information content (AvgIpc) is 2.21. The molecule has 0 aliphatic carbocycles. The minimum absolute atomic E-state index is 1.09. The molecule has 0 bridgehead atoms. The van der Waals surface area contributed by atoms with Gasteiger partial charge >= 0.3 is 0 Å². The first-order chi connectivity index (χ1) is 6.91. The third-order valence-electron chi connectivity index (χ3n) is 2.48. The Balaban J connectivity index is 2.81. The van der Waals surface area contributed by atoms with E-state index in [0.717, 1.165) is 13.0 Å². The van der Waals surface area contributed by atoms with E-state index in [1.165, 1.54) is 51.5 Å². The topological polar surface area (TPSA) is 12.0 Å². The molecule has 0 radical (unpaired) electrons. The van der Waals surface area contributed by atoms with Crippen LogP contribution in [0, 0.1) is 0 Å². The molecule has 0 aliphatic rings. The second kappa shape index (κ2) is 12.7. The average molecular weight is 197 g/mol. The summed E-state index contributed by atoms with van der Waals surface area (Å²) in [5, 5.41) is 3.42. The Kier molecular flexibility index (Phi) is 12.4. The second-order valence-electron chi connectivity index (χ2n) is 3.95. The predicted molar refractivity (Wildman–Crippen MR) is 65.7 cm³/mol. The predicted octanol–water partition coefficient (Wildman–Crippen LogP) is 3.90. The molecule has 0 aromatic heterocycles. The Morgan fingerprint density at radius 3 is 2.21 bits per heavy atom. The number of nitrogens with one attached hydrogen (secondary N) is 1. The van der Waals surface area contributed by atoms with Crippen molar-refractivity contribution in [2.75, 3.05) is 13.1 Å². The van der Waals surface area contributed by atoms with Crippen molar-refractivity contribution in [2.45, 2.75) is 58.3 Å². The van der Waals surface area contributed by atoms with Crippen LogP contribution in [0.25, 0.3) is 0 Å². The van der Waals surface area contributed by atoms with Crippen LogP contribution in [0.15, 0.2) is 12.7 Å². The van der Waals surface area contributed by atoms with Crippen LogP contribution in [0.3, 0.4) is 0 Å². The van der Waals surface area contributed by atoms with Crippen LogP contribution in [0.5, 0.6) is 0 Å². The first-order valence-electron chi connectivity index (χ1n) is 6.23. The molecular weight excluding hydrogens is 170 g/mol. The quantitative estimate of drug-likeness (QED) is 0.391. The van der Waals surface area contributed by atoms with Crippen molar-refractivity contribution in [2.24, 2.45) is 0 Å². The SMILES string of the molecule is C=CCCNCCCCCCCCC. The highest BCUT2D eigenvalue weighted by Gasteiger charge is 1.90. The van der Waals surface area contributed by atoms with Crippen molar-refractivity contribution in [3.63, 3.8) is 0 Å². The third kappa shape index (κ3) is 11.7. The molecule has 0 amide bonds. The molecule has 0 rings (SSSR count). The monoisotopic (exact) mass is 197 g/mol. The molecule has 0 saturated carbocycles. The van der Waals surface area contributed by atoms with E-state index in [9.17, 15) is 0 Å². The fourth-order valence-electron chi connectivity index (χ4n) is 1.54. The lowest BCUT2D eigenvalue weighted by atomic mass is 10.1. The maximum absolute atomic E-state index is 3.70. The van der Waals surface area contributed by atoms with Gasteiger partial charge in [0.2, 0.25) is 0 Å². The van der Waals surface area contributed by atoms with Gasteiger partial charge in [0.1, 0.15) is 0 Å². The molecule has 0 aromatic carbocycles. The van der Waals surface area contributed by atoms with Gasteiger partial charge in [-0.05, 0) is 25.9 Å². The Labute approximate surface area is 90.0 Å². The molecule has 0 saturated heterocycles. The van der Waals surface area contributed by atoms with Crippen LogP contribution >= 0.6 is 0 Å². The maximum Gasteiger partial charge on any atom is -0.00144 e. The molecule has 0 heterocycles. The lowest BCUT2D eigenvalue weighted by Crippen LogP contribution is -2.15. The first kappa shape index (κ1) is 13.7. The summed E-state index contributed by atoms with van der Waals surface area (Å²) in [7, 11) is 0. The Morgan fingerprint density at radius 2 is 1.57 bits per heavy atom. The summed E-state index contributed by atoms with van der Waals surface area (Å²) in [6.45, 7) is 8.24. The van der Waals surface area contributed by atoms with Crippen molar-refractivity contribution in [1.82, 2.24) is 5.32 Å². The summed E-state index contributed by atoms with van der Waals surface area (Å²) in [5.74, 6) is 0. The highest BCUT2D eigenvalue weighted by molar-refractivity contribution is 4.67. The van der Waals surface area contributed by atoms with Gasteiger partial charge in [0.05, 0.1) is 0 Å². The fourth-order valence-corrected chi connectivity index (χ4v) is 1.54. The molecule has 14 heavy (non-hydrogen) atoms. The standard InChI is InChI=1S/C13H27N/c1-3-5-7-8-9-10-11-13-14-12-6-4-2/h4,14H,2-3,5-13H2,1H3. The maximum atomic E-state index is 3.70. The molecule has 1 nitrogen and oxygen atoms in total. The normalized spacial score (nSPS) is 10.4. The van der Waals surface area contributed by atoms with Crippen LogP contribution in [0.2, 0.25) is 0 Å². The summed E-state index contributed by atoms with van der Waals surface area (Å²) in [6.07, 6.45) is 12.8. The molecule has 84 valence electrons. The molecule has 0 aliphatic heterocycles. The molecule has 0 spiro atoms. The van der Waals surface area contributed by atoms with E-state index in [1.54, 1.807) is 0 Å². The number of hydrogen-bond donors (Lipinski definition) is 1. The van der Waals surface area contributed by atoms with E-state index in [1.807, 2.05) is 6.08 Å². The van der Waals surface area contributed by atoms with Crippen LogP contribution in [0.4, 0.5) is 0 Å². The molecule has 0 atom stereocenters. The minimum atomic E-state index is 1.09. The fraction of sp³-hybridized carbons (Fsp3) is 0.846. The van der Waals surface area contributed by atoms with Crippen LogP contribution < -0.4 is 5.32 Å². The van der Waals surface area contributed by atoms with E-state index in [-0.39, 0.29) is 0 Å². The number of hydrogen-bond acceptors (Lipinski definition) is 1. The van der Waals surface area contributed by atoms with E-state index in [0.29, 0.717) is 0 Å². The zero-order valence-corrected chi connectivity index (χ0v) is 9.86. The first-order valence-corrected chi connectivity index (χ1v) is 6.23. The highest BCUT2D eigenvalue weighted by atomic mass is 14.8. The van der Waals surface area contributed by atoms with E-state index in [4.69, 9.17) is 0 Å². The summed E-state index contributed by atoms with van der Waals surface area (Å²) in [6, 6.07) is 0. The van der Waals surface area contributed by atoms with Gasteiger partial charge in [-0.25, -0.2) is 0 Å². The van der Waals surface area contributed by atoms with Crippen molar-refractivity contribution in [1.29, 1.82) is 0 Å². The summed E-state index contributed by atoms with van der Waals surface area (Å²) < 4.78 is 0. The lowest BCUT2D eigenvalue weighted by molar-refractivity contribution is 0.565. The van der Waals surface area contributed by atoms with Crippen molar-refractivity contribution >= 4 is 0 Å². The third-order valence-corrected chi connectivity index (χ3v) is 2.48. The van der Waals surface area contributed by atoms with Crippen molar-refractivity contribution in [3.8, 4) is 0 Å². The Hall–Kier alpha value is -0.300. The highest BCUT2D eigenvalue weighted by Crippen LogP contribution is 2.06. The van der Waals surface area contributed by atoms with Gasteiger partial charge in [-0.3, -0.25) is 0 Å². The molecular formula is C13H27N. The van der Waals surface area contributed by atoms with Gasteiger partial charge in [0.15, 0.2) is 0 Å². The summed E-state index contributed by atoms with van der Waals surface area (Å²) in [4.78, 5) is 0. The molecule has 1 N–H and O–H groups in total. The number of rotatable bonds is 11. The summed E-state index contributed by atoms with van der Waals surface area (Å²) in [5.41, 5.74) is 0.